The molecule has 1 amide bonds. The molecule has 0 saturated heterocycles. The molecule has 3 aromatic rings. The van der Waals surface area contributed by atoms with Gasteiger partial charge in [-0.25, -0.2) is 0 Å². The van der Waals surface area contributed by atoms with E-state index in [-0.39, 0.29) is 12.0 Å². The van der Waals surface area contributed by atoms with Gasteiger partial charge in [0.15, 0.2) is 5.82 Å². The van der Waals surface area contributed by atoms with Crippen molar-refractivity contribution in [2.75, 3.05) is 5.32 Å². The van der Waals surface area contributed by atoms with Gasteiger partial charge in [0.2, 0.25) is 0 Å². The van der Waals surface area contributed by atoms with Crippen molar-refractivity contribution in [3.05, 3.63) is 59.1 Å². The van der Waals surface area contributed by atoms with Gasteiger partial charge in [0.05, 0.1) is 11.7 Å². The van der Waals surface area contributed by atoms with E-state index in [1.807, 2.05) is 75.6 Å². The summed E-state index contributed by atoms with van der Waals surface area (Å²) in [7, 11) is 0. The van der Waals surface area contributed by atoms with Crippen LogP contribution >= 0.6 is 0 Å². The number of aromatic nitrogens is 2. The molecule has 0 radical (unpaired) electrons. The molecule has 0 aliphatic rings. The van der Waals surface area contributed by atoms with Gasteiger partial charge in [-0.05, 0) is 65.0 Å². The number of aryl methyl sites for hydroxylation is 2. The van der Waals surface area contributed by atoms with Gasteiger partial charge in [-0.3, -0.25) is 9.36 Å². The highest BCUT2D eigenvalue weighted by Gasteiger charge is 2.18. The molecule has 0 fully saturated rings. The van der Waals surface area contributed by atoms with Crippen LogP contribution in [0.2, 0.25) is 0 Å². The van der Waals surface area contributed by atoms with Crippen LogP contribution in [-0.2, 0) is 0 Å². The van der Waals surface area contributed by atoms with Gasteiger partial charge in [0.25, 0.3) is 5.91 Å². The summed E-state index contributed by atoms with van der Waals surface area (Å²) in [4.78, 5) is 12.7. The zero-order chi connectivity index (χ0) is 18.8. The fourth-order valence-electron chi connectivity index (χ4n) is 2.89. The van der Waals surface area contributed by atoms with Gasteiger partial charge in [0.1, 0.15) is 11.5 Å². The number of benzene rings is 1. The fraction of sp³-hybridized carbons (Fsp3) is 0.300. The molecule has 2 aromatic heterocycles. The maximum Gasteiger partial charge on any atom is 0.257 e. The number of nitrogens with one attached hydrogen (secondary N) is 1. The zero-order valence-electron chi connectivity index (χ0n) is 15.7. The second kappa shape index (κ2) is 7.07. The first-order valence-corrected chi connectivity index (χ1v) is 8.56. The standard InChI is InChI=1S/C20H23N3O3/c1-12(2)25-17-8-6-16(7-9-17)21-20(24)18-10-13(3)23(15(18)5)19-11-14(4)26-22-19/h6-12H,1-5H3,(H,21,24). The molecule has 0 bridgehead atoms. The van der Waals surface area contributed by atoms with Crippen molar-refractivity contribution in [2.24, 2.45) is 0 Å². The Morgan fingerprint density at radius 3 is 2.42 bits per heavy atom. The van der Waals surface area contributed by atoms with E-state index in [2.05, 4.69) is 10.5 Å². The molecule has 0 saturated carbocycles. The number of carbonyl (C=O) groups is 1. The summed E-state index contributed by atoms with van der Waals surface area (Å²) in [5.41, 5.74) is 3.05. The molecule has 1 aromatic carbocycles. The second-order valence-electron chi connectivity index (χ2n) is 6.56. The summed E-state index contributed by atoms with van der Waals surface area (Å²) in [5, 5.41) is 6.97. The van der Waals surface area contributed by atoms with E-state index in [9.17, 15) is 4.79 Å². The Hall–Kier alpha value is -3.02. The van der Waals surface area contributed by atoms with Crippen molar-refractivity contribution in [1.29, 1.82) is 0 Å². The maximum absolute atomic E-state index is 12.7. The van der Waals surface area contributed by atoms with E-state index in [0.717, 1.165) is 22.9 Å². The van der Waals surface area contributed by atoms with E-state index in [1.165, 1.54) is 0 Å². The molecule has 0 spiro atoms. The Bertz CT molecular complexity index is 920. The van der Waals surface area contributed by atoms with Crippen LogP contribution in [0.1, 0.15) is 41.4 Å². The van der Waals surface area contributed by atoms with Crippen LogP contribution in [0.5, 0.6) is 5.75 Å². The van der Waals surface area contributed by atoms with Crippen LogP contribution in [0.25, 0.3) is 5.82 Å². The maximum atomic E-state index is 12.7. The Morgan fingerprint density at radius 1 is 1.15 bits per heavy atom. The van der Waals surface area contributed by atoms with Crippen LogP contribution in [0.15, 0.2) is 40.9 Å². The normalized spacial score (nSPS) is 11.0. The van der Waals surface area contributed by atoms with Crippen molar-refractivity contribution in [3.8, 4) is 11.6 Å². The molecule has 2 heterocycles. The molecule has 0 unspecified atom stereocenters. The first kappa shape index (κ1) is 17.8. The second-order valence-corrected chi connectivity index (χ2v) is 6.56. The van der Waals surface area contributed by atoms with Gasteiger partial charge >= 0.3 is 0 Å². The smallest absolute Gasteiger partial charge is 0.257 e. The number of nitrogens with zero attached hydrogens (tertiary/aromatic N) is 2. The number of hydrogen-bond donors (Lipinski definition) is 1. The largest absolute Gasteiger partial charge is 0.491 e. The number of amides is 1. The molecule has 6 nitrogen and oxygen atoms in total. The van der Waals surface area contributed by atoms with E-state index < -0.39 is 0 Å². The Labute approximate surface area is 152 Å². The van der Waals surface area contributed by atoms with Gasteiger partial charge in [-0.2, -0.15) is 0 Å². The lowest BCUT2D eigenvalue weighted by atomic mass is 10.2. The lowest BCUT2D eigenvalue weighted by Gasteiger charge is -2.11. The van der Waals surface area contributed by atoms with Crippen molar-refractivity contribution in [3.63, 3.8) is 0 Å². The quantitative estimate of drug-likeness (QED) is 0.737. The summed E-state index contributed by atoms with van der Waals surface area (Å²) in [5.74, 6) is 2.01. The van der Waals surface area contributed by atoms with Crippen molar-refractivity contribution >= 4 is 11.6 Å². The van der Waals surface area contributed by atoms with Crippen LogP contribution in [-0.4, -0.2) is 21.7 Å². The van der Waals surface area contributed by atoms with Crippen LogP contribution < -0.4 is 10.1 Å². The fourth-order valence-corrected chi connectivity index (χ4v) is 2.89. The average Bonchev–Trinajstić information content (AvgIpc) is 3.11. The zero-order valence-corrected chi connectivity index (χ0v) is 15.7. The number of hydrogen-bond acceptors (Lipinski definition) is 4. The predicted octanol–water partition coefficient (Wildman–Crippen LogP) is 4.43. The molecule has 26 heavy (non-hydrogen) atoms. The Balaban J connectivity index is 1.80. The summed E-state index contributed by atoms with van der Waals surface area (Å²) < 4.78 is 12.7. The Morgan fingerprint density at radius 2 is 1.85 bits per heavy atom. The van der Waals surface area contributed by atoms with Crippen LogP contribution in [0, 0.1) is 20.8 Å². The summed E-state index contributed by atoms with van der Waals surface area (Å²) in [6.07, 6.45) is 0.112. The van der Waals surface area contributed by atoms with Gasteiger partial charge in [0, 0.05) is 23.1 Å². The third-order valence-electron chi connectivity index (χ3n) is 4.00. The number of ether oxygens (including phenoxy) is 1. The van der Waals surface area contributed by atoms with Gasteiger partial charge < -0.3 is 14.6 Å². The third kappa shape index (κ3) is 3.64. The van der Waals surface area contributed by atoms with E-state index >= 15 is 0 Å². The molecule has 0 aliphatic carbocycles. The predicted molar refractivity (Wildman–Crippen MR) is 100 cm³/mol. The molecular formula is C20H23N3O3. The summed E-state index contributed by atoms with van der Waals surface area (Å²) in [6.45, 7) is 9.62. The van der Waals surface area contributed by atoms with Gasteiger partial charge in [-0.1, -0.05) is 5.16 Å². The molecule has 6 heteroatoms. The minimum atomic E-state index is -0.165. The molecule has 3 rings (SSSR count). The van der Waals surface area contributed by atoms with Crippen molar-refractivity contribution < 1.29 is 14.1 Å². The van der Waals surface area contributed by atoms with E-state index in [0.29, 0.717) is 17.1 Å². The third-order valence-corrected chi connectivity index (χ3v) is 4.00. The number of anilines is 1. The highest BCUT2D eigenvalue weighted by atomic mass is 16.5. The van der Waals surface area contributed by atoms with E-state index in [4.69, 9.17) is 9.26 Å². The summed E-state index contributed by atoms with van der Waals surface area (Å²) >= 11 is 0. The van der Waals surface area contributed by atoms with Crippen LogP contribution in [0.3, 0.4) is 0 Å². The van der Waals surface area contributed by atoms with Crippen molar-refractivity contribution in [1.82, 2.24) is 9.72 Å². The topological polar surface area (TPSA) is 69.3 Å². The highest BCUT2D eigenvalue weighted by Crippen LogP contribution is 2.23. The number of rotatable bonds is 5. The first-order valence-electron chi connectivity index (χ1n) is 8.56. The van der Waals surface area contributed by atoms with Crippen molar-refractivity contribution in [2.45, 2.75) is 40.7 Å². The lowest BCUT2D eigenvalue weighted by molar-refractivity contribution is 0.102. The minimum Gasteiger partial charge on any atom is -0.491 e. The average molecular weight is 353 g/mol. The molecule has 0 atom stereocenters. The lowest BCUT2D eigenvalue weighted by Crippen LogP contribution is -2.13. The van der Waals surface area contributed by atoms with Gasteiger partial charge in [-0.15, -0.1) is 0 Å². The molecule has 0 aliphatic heterocycles. The number of carbonyl (C=O) groups excluding carboxylic acids is 1. The summed E-state index contributed by atoms with van der Waals surface area (Å²) in [6, 6.07) is 11.0. The molecule has 136 valence electrons. The van der Waals surface area contributed by atoms with E-state index in [1.54, 1.807) is 0 Å². The highest BCUT2D eigenvalue weighted by molar-refractivity contribution is 6.05. The monoisotopic (exact) mass is 353 g/mol. The van der Waals surface area contributed by atoms with Crippen LogP contribution in [0.4, 0.5) is 5.69 Å². The molecule has 1 N–H and O–H groups in total. The SMILES string of the molecule is Cc1cc(-n2c(C)cc(C(=O)Nc3ccc(OC(C)C)cc3)c2C)no1. The molecular weight excluding hydrogens is 330 g/mol. The minimum absolute atomic E-state index is 0.112. The first-order chi connectivity index (χ1) is 12.3. The Kier molecular flexibility index (Phi) is 4.84.